The first kappa shape index (κ1) is 32.1. The van der Waals surface area contributed by atoms with Gasteiger partial charge < -0.3 is 15.5 Å². The van der Waals surface area contributed by atoms with Crippen LogP contribution in [0.25, 0.3) is 44.0 Å². The van der Waals surface area contributed by atoms with Crippen molar-refractivity contribution in [3.63, 3.8) is 0 Å². The summed E-state index contributed by atoms with van der Waals surface area (Å²) in [5, 5.41) is 28.0. The van der Waals surface area contributed by atoms with E-state index in [0.29, 0.717) is 22.5 Å². The third-order valence-corrected chi connectivity index (χ3v) is 5.89. The number of fused-ring (bicyclic) bond motifs is 3. The van der Waals surface area contributed by atoms with Crippen LogP contribution in [0.1, 0.15) is 0 Å². The fourth-order valence-electron chi connectivity index (χ4n) is 3.93. The number of nitrogens with one attached hydrogen (secondary N) is 2. The number of H-pyrrole nitrogens is 1. The number of hydrogen-bond donors (Lipinski definition) is 4. The fraction of sp³-hybridized carbons (Fsp3) is 0.0690. The molecule has 0 spiro atoms. The Morgan fingerprint density at radius 3 is 2.04 bits per heavy atom. The lowest BCUT2D eigenvalue weighted by atomic mass is 10.0. The summed E-state index contributed by atoms with van der Waals surface area (Å²) >= 11 is 0. The van der Waals surface area contributed by atoms with E-state index in [-0.39, 0.29) is 5.82 Å². The number of hydrogen-bond acceptors (Lipinski definition) is 6. The van der Waals surface area contributed by atoms with Crippen LogP contribution in [0, 0.1) is 5.82 Å². The molecule has 0 radical (unpaired) electrons. The molecule has 4 N–H and O–H groups in total. The highest BCUT2D eigenvalue weighted by Crippen LogP contribution is 2.32. The van der Waals surface area contributed by atoms with Crippen molar-refractivity contribution in [2.24, 2.45) is 0 Å². The average molecular weight is 633 g/mol. The number of alkyl halides is 6. The summed E-state index contributed by atoms with van der Waals surface area (Å²) in [4.78, 5) is 27.2. The van der Waals surface area contributed by atoms with Crippen LogP contribution >= 0.6 is 0 Å². The Morgan fingerprint density at radius 2 is 1.38 bits per heavy atom. The normalized spacial score (nSPS) is 11.4. The second-order valence-electron chi connectivity index (χ2n) is 8.96. The third-order valence-electron chi connectivity index (χ3n) is 5.89. The number of aliphatic carboxylic acids is 2. The van der Waals surface area contributed by atoms with E-state index in [4.69, 9.17) is 29.8 Å². The Balaban J connectivity index is 0.000000277. The number of rotatable bonds is 3. The van der Waals surface area contributed by atoms with E-state index < -0.39 is 24.3 Å². The molecule has 9 nitrogen and oxygen atoms in total. The van der Waals surface area contributed by atoms with Crippen LogP contribution < -0.4 is 5.32 Å². The largest absolute Gasteiger partial charge is 0.490 e. The van der Waals surface area contributed by atoms with Crippen LogP contribution in [0.5, 0.6) is 0 Å². The minimum absolute atomic E-state index is 0.360. The van der Waals surface area contributed by atoms with Crippen molar-refractivity contribution in [2.45, 2.75) is 12.4 Å². The molecule has 0 saturated carbocycles. The minimum Gasteiger partial charge on any atom is -0.475 e. The molecule has 0 aliphatic carbocycles. The van der Waals surface area contributed by atoms with Crippen molar-refractivity contribution in [3.05, 3.63) is 90.9 Å². The second-order valence-corrected chi connectivity index (χ2v) is 8.96. The van der Waals surface area contributed by atoms with Gasteiger partial charge in [0, 0.05) is 16.6 Å². The van der Waals surface area contributed by atoms with Gasteiger partial charge in [0.1, 0.15) is 11.6 Å². The molecular weight excluding hydrogens is 615 g/mol. The summed E-state index contributed by atoms with van der Waals surface area (Å²) in [6, 6.07) is 24.8. The molecule has 6 aromatic rings. The number of anilines is 2. The second kappa shape index (κ2) is 12.8. The average Bonchev–Trinajstić information content (AvgIpc) is 3.44. The predicted molar refractivity (Wildman–Crippen MR) is 149 cm³/mol. The third kappa shape index (κ3) is 7.78. The highest BCUT2D eigenvalue weighted by atomic mass is 19.4. The molecule has 2 heterocycles. The molecule has 0 saturated heterocycles. The molecule has 232 valence electrons. The van der Waals surface area contributed by atoms with Gasteiger partial charge in [-0.3, -0.25) is 5.10 Å². The van der Waals surface area contributed by atoms with Gasteiger partial charge in [0.25, 0.3) is 0 Å². The highest BCUT2D eigenvalue weighted by molar-refractivity contribution is 5.98. The van der Waals surface area contributed by atoms with E-state index in [2.05, 4.69) is 27.6 Å². The van der Waals surface area contributed by atoms with Gasteiger partial charge in [0.15, 0.2) is 5.82 Å². The zero-order valence-corrected chi connectivity index (χ0v) is 22.3. The number of halogens is 7. The van der Waals surface area contributed by atoms with E-state index in [9.17, 15) is 30.7 Å². The van der Waals surface area contributed by atoms with Crippen molar-refractivity contribution in [3.8, 4) is 11.4 Å². The van der Waals surface area contributed by atoms with E-state index >= 15 is 0 Å². The van der Waals surface area contributed by atoms with Crippen molar-refractivity contribution < 1.29 is 50.5 Å². The van der Waals surface area contributed by atoms with Crippen molar-refractivity contribution in [2.75, 3.05) is 5.32 Å². The van der Waals surface area contributed by atoms with E-state index in [1.54, 1.807) is 18.3 Å². The number of benzene rings is 4. The maximum absolute atomic E-state index is 14.8. The van der Waals surface area contributed by atoms with Gasteiger partial charge in [0.2, 0.25) is 0 Å². The van der Waals surface area contributed by atoms with E-state index in [0.717, 1.165) is 32.9 Å². The predicted octanol–water partition coefficient (Wildman–Crippen LogP) is 7.48. The molecule has 0 unspecified atom stereocenters. The Kier molecular flexibility index (Phi) is 9.15. The lowest BCUT2D eigenvalue weighted by Crippen LogP contribution is -2.21. The molecule has 16 heteroatoms. The Hall–Kier alpha value is -5.80. The lowest BCUT2D eigenvalue weighted by Gasteiger charge is -2.13. The Bertz CT molecular complexity index is 1980. The first-order valence-corrected chi connectivity index (χ1v) is 12.4. The molecule has 0 aliphatic heterocycles. The Morgan fingerprint density at radius 1 is 0.756 bits per heavy atom. The monoisotopic (exact) mass is 633 g/mol. The number of aromatic amines is 1. The summed E-state index contributed by atoms with van der Waals surface area (Å²) in [6.45, 7) is 0. The number of carbonyl (C=O) groups is 2. The van der Waals surface area contributed by atoms with Crippen molar-refractivity contribution in [1.29, 1.82) is 0 Å². The maximum atomic E-state index is 14.8. The van der Waals surface area contributed by atoms with Gasteiger partial charge in [0.05, 0.1) is 22.6 Å². The topological polar surface area (TPSA) is 141 Å². The molecule has 0 atom stereocenters. The fourth-order valence-corrected chi connectivity index (χ4v) is 3.93. The Labute approximate surface area is 247 Å². The molecule has 2 aromatic heterocycles. The lowest BCUT2D eigenvalue weighted by molar-refractivity contribution is -0.193. The zero-order chi connectivity index (χ0) is 32.9. The van der Waals surface area contributed by atoms with Crippen LogP contribution in [0.15, 0.2) is 85.1 Å². The molecular formula is C29H18F7N5O4. The van der Waals surface area contributed by atoms with Crippen LogP contribution in [-0.4, -0.2) is 54.7 Å². The summed E-state index contributed by atoms with van der Waals surface area (Å²) < 4.78 is 78.3. The number of carboxylic acid groups (broad SMARTS) is 2. The molecule has 4 aromatic carbocycles. The quantitative estimate of drug-likeness (QED) is 0.147. The van der Waals surface area contributed by atoms with Gasteiger partial charge >= 0.3 is 24.3 Å². The van der Waals surface area contributed by atoms with E-state index in [1.165, 1.54) is 6.07 Å². The summed E-state index contributed by atoms with van der Waals surface area (Å²) in [5.74, 6) is -4.91. The van der Waals surface area contributed by atoms with Gasteiger partial charge in [-0.25, -0.2) is 23.9 Å². The zero-order valence-electron chi connectivity index (χ0n) is 22.3. The molecule has 0 fully saturated rings. The number of aromatic nitrogens is 4. The van der Waals surface area contributed by atoms with Gasteiger partial charge in [-0.05, 0) is 41.1 Å². The minimum atomic E-state index is -5.08. The van der Waals surface area contributed by atoms with Crippen molar-refractivity contribution >= 4 is 56.0 Å². The molecule has 6 rings (SSSR count). The van der Waals surface area contributed by atoms with Crippen molar-refractivity contribution in [1.82, 2.24) is 20.2 Å². The van der Waals surface area contributed by atoms with Gasteiger partial charge in [-0.1, -0.05) is 48.5 Å². The number of nitrogens with zero attached hydrogens (tertiary/aromatic N) is 3. The SMILES string of the molecule is Fc1cccc2nc(-c3cccc4ccccc34)nc(Nc3ccc4[nH]ncc4c3)c12.O=C(O)C(F)(F)F.O=C(O)C(F)(F)F. The van der Waals surface area contributed by atoms with Crippen LogP contribution in [-0.2, 0) is 9.59 Å². The standard InChI is InChI=1S/C25H16FN5.2C2HF3O2/c26-20-9-4-10-22-23(20)25(28-17-11-12-21-16(13-17)14-27-31-21)30-24(29-22)19-8-3-6-15-5-1-2-7-18(15)19;2*3-2(4,5)1(6)7/h1-14H,(H,27,31)(H,28,29,30);2*(H,6,7). The maximum Gasteiger partial charge on any atom is 0.490 e. The summed E-state index contributed by atoms with van der Waals surface area (Å²) in [5.41, 5.74) is 3.17. The highest BCUT2D eigenvalue weighted by Gasteiger charge is 2.38. The first-order chi connectivity index (χ1) is 21.1. The smallest absolute Gasteiger partial charge is 0.475 e. The summed E-state index contributed by atoms with van der Waals surface area (Å²) in [7, 11) is 0. The molecule has 0 aliphatic rings. The van der Waals surface area contributed by atoms with Gasteiger partial charge in [-0.2, -0.15) is 31.4 Å². The first-order valence-electron chi connectivity index (χ1n) is 12.4. The molecule has 0 bridgehead atoms. The number of carboxylic acids is 2. The van der Waals surface area contributed by atoms with Gasteiger partial charge in [-0.15, -0.1) is 0 Å². The van der Waals surface area contributed by atoms with E-state index in [1.807, 2.05) is 48.5 Å². The van der Waals surface area contributed by atoms with Crippen LogP contribution in [0.4, 0.5) is 42.2 Å². The molecule has 0 amide bonds. The van der Waals surface area contributed by atoms with Crippen LogP contribution in [0.3, 0.4) is 0 Å². The summed E-state index contributed by atoms with van der Waals surface area (Å²) in [6.07, 6.45) is -8.42. The van der Waals surface area contributed by atoms with Crippen LogP contribution in [0.2, 0.25) is 0 Å². The molecule has 45 heavy (non-hydrogen) atoms.